The highest BCUT2D eigenvalue weighted by atomic mass is 16.4. The van der Waals surface area contributed by atoms with Gasteiger partial charge < -0.3 is 5.11 Å². The standard InChI is InChI=1S/C20H23N3O2/c24-20(25)18-17-11-14-10-16(14)19(17)23(21-18)15-6-8-22(9-7-15)12-13-4-2-1-3-5-13/h1-5,14-16H,6-12H2,(H,24,25)/t14-,16-/m1/s1. The first-order valence-electron chi connectivity index (χ1n) is 9.31. The lowest BCUT2D eigenvalue weighted by atomic mass is 10.0. The Morgan fingerprint density at radius 1 is 1.20 bits per heavy atom. The van der Waals surface area contributed by atoms with Crippen molar-refractivity contribution in [1.29, 1.82) is 0 Å². The molecule has 1 aromatic heterocycles. The lowest BCUT2D eigenvalue weighted by Crippen LogP contribution is -2.35. The molecule has 5 heteroatoms. The van der Waals surface area contributed by atoms with E-state index in [1.54, 1.807) is 0 Å². The molecule has 0 radical (unpaired) electrons. The molecule has 25 heavy (non-hydrogen) atoms. The fourth-order valence-electron chi connectivity index (χ4n) is 4.76. The number of piperidine rings is 1. The average molecular weight is 337 g/mol. The number of hydrogen-bond donors (Lipinski definition) is 1. The minimum Gasteiger partial charge on any atom is -0.476 e. The summed E-state index contributed by atoms with van der Waals surface area (Å²) in [7, 11) is 0. The first-order valence-corrected chi connectivity index (χ1v) is 9.31. The summed E-state index contributed by atoms with van der Waals surface area (Å²) in [5, 5.41) is 14.0. The molecular weight excluding hydrogens is 314 g/mol. The van der Waals surface area contributed by atoms with Crippen molar-refractivity contribution in [3.8, 4) is 0 Å². The number of carboxylic acids is 1. The van der Waals surface area contributed by atoms with Gasteiger partial charge in [-0.25, -0.2) is 4.79 Å². The molecule has 1 saturated carbocycles. The van der Waals surface area contributed by atoms with Crippen molar-refractivity contribution in [3.05, 3.63) is 52.8 Å². The molecule has 5 nitrogen and oxygen atoms in total. The van der Waals surface area contributed by atoms with Crippen molar-refractivity contribution in [2.24, 2.45) is 5.92 Å². The van der Waals surface area contributed by atoms with Gasteiger partial charge in [0.15, 0.2) is 5.69 Å². The molecule has 2 heterocycles. The Morgan fingerprint density at radius 2 is 1.96 bits per heavy atom. The number of likely N-dealkylation sites (tertiary alicyclic amines) is 1. The SMILES string of the molecule is O=C(O)c1nn(C2CCN(Cc3ccccc3)CC2)c2c1C[C@H]1C[C@@H]21. The molecule has 5 rings (SSSR count). The van der Waals surface area contributed by atoms with Crippen molar-refractivity contribution in [2.75, 3.05) is 13.1 Å². The maximum absolute atomic E-state index is 11.5. The van der Waals surface area contributed by atoms with E-state index in [-0.39, 0.29) is 0 Å². The highest BCUT2D eigenvalue weighted by Crippen LogP contribution is 2.57. The maximum Gasteiger partial charge on any atom is 0.356 e. The van der Waals surface area contributed by atoms with Gasteiger partial charge in [0.1, 0.15) is 0 Å². The molecule has 2 aliphatic carbocycles. The smallest absolute Gasteiger partial charge is 0.356 e. The first kappa shape index (κ1) is 15.1. The van der Waals surface area contributed by atoms with Crippen LogP contribution >= 0.6 is 0 Å². The zero-order chi connectivity index (χ0) is 17.0. The summed E-state index contributed by atoms with van der Waals surface area (Å²) in [4.78, 5) is 14.0. The predicted octanol–water partition coefficient (Wildman–Crippen LogP) is 3.08. The molecule has 0 bridgehead atoms. The summed E-state index contributed by atoms with van der Waals surface area (Å²) >= 11 is 0. The number of carbonyl (C=O) groups is 1. The van der Waals surface area contributed by atoms with Gasteiger partial charge in [0, 0.05) is 36.8 Å². The van der Waals surface area contributed by atoms with Gasteiger partial charge in [0.25, 0.3) is 0 Å². The minimum absolute atomic E-state index is 0.314. The zero-order valence-corrected chi connectivity index (χ0v) is 14.3. The molecule has 1 saturated heterocycles. The molecule has 2 atom stereocenters. The summed E-state index contributed by atoms with van der Waals surface area (Å²) in [5.74, 6) is 0.409. The van der Waals surface area contributed by atoms with E-state index in [1.807, 2.05) is 0 Å². The number of aromatic carboxylic acids is 1. The highest BCUT2D eigenvalue weighted by Gasteiger charge is 2.50. The normalized spacial score (nSPS) is 25.6. The van der Waals surface area contributed by atoms with Crippen molar-refractivity contribution in [1.82, 2.24) is 14.7 Å². The van der Waals surface area contributed by atoms with E-state index in [0.717, 1.165) is 44.5 Å². The number of fused-ring (bicyclic) bond motifs is 3. The van der Waals surface area contributed by atoms with Crippen LogP contribution in [0.3, 0.4) is 0 Å². The average Bonchev–Trinajstić information content (AvgIpc) is 3.12. The van der Waals surface area contributed by atoms with E-state index >= 15 is 0 Å². The molecule has 3 aliphatic rings. The summed E-state index contributed by atoms with van der Waals surface area (Å²) < 4.78 is 2.11. The van der Waals surface area contributed by atoms with E-state index in [0.29, 0.717) is 23.6 Å². The van der Waals surface area contributed by atoms with E-state index in [4.69, 9.17) is 0 Å². The fraction of sp³-hybridized carbons (Fsp3) is 0.500. The quantitative estimate of drug-likeness (QED) is 0.931. The second-order valence-corrected chi connectivity index (χ2v) is 7.76. The molecule has 0 amide bonds. The monoisotopic (exact) mass is 337 g/mol. The fourth-order valence-corrected chi connectivity index (χ4v) is 4.76. The van der Waals surface area contributed by atoms with Crippen LogP contribution in [0.1, 0.15) is 58.5 Å². The zero-order valence-electron chi connectivity index (χ0n) is 14.3. The third-order valence-electron chi connectivity index (χ3n) is 6.14. The van der Waals surface area contributed by atoms with Crippen LogP contribution in [0.2, 0.25) is 0 Å². The summed E-state index contributed by atoms with van der Waals surface area (Å²) in [6.45, 7) is 3.09. The lowest BCUT2D eigenvalue weighted by Gasteiger charge is -2.32. The number of rotatable bonds is 4. The van der Waals surface area contributed by atoms with E-state index in [1.165, 1.54) is 17.7 Å². The van der Waals surface area contributed by atoms with Crippen molar-refractivity contribution in [2.45, 2.75) is 44.2 Å². The Kier molecular flexibility index (Phi) is 3.45. The maximum atomic E-state index is 11.5. The van der Waals surface area contributed by atoms with Crippen LogP contribution in [-0.2, 0) is 13.0 Å². The van der Waals surface area contributed by atoms with Crippen molar-refractivity contribution in [3.63, 3.8) is 0 Å². The molecule has 0 spiro atoms. The Labute approximate surface area is 147 Å². The predicted molar refractivity (Wildman–Crippen MR) is 93.7 cm³/mol. The van der Waals surface area contributed by atoms with Crippen LogP contribution in [0, 0.1) is 5.92 Å². The molecular formula is C20H23N3O2. The van der Waals surface area contributed by atoms with Gasteiger partial charge in [-0.05, 0) is 37.2 Å². The molecule has 1 N–H and O–H groups in total. The molecule has 2 aromatic rings. The van der Waals surface area contributed by atoms with E-state index in [2.05, 4.69) is 45.0 Å². The molecule has 130 valence electrons. The van der Waals surface area contributed by atoms with Crippen molar-refractivity contribution >= 4 is 5.97 Å². The number of carboxylic acid groups (broad SMARTS) is 1. The highest BCUT2D eigenvalue weighted by molar-refractivity contribution is 5.88. The number of aromatic nitrogens is 2. The van der Waals surface area contributed by atoms with Gasteiger partial charge in [0.2, 0.25) is 0 Å². The van der Waals surface area contributed by atoms with Gasteiger partial charge >= 0.3 is 5.97 Å². The Balaban J connectivity index is 1.32. The second-order valence-electron chi connectivity index (χ2n) is 7.76. The van der Waals surface area contributed by atoms with Gasteiger partial charge in [-0.15, -0.1) is 0 Å². The molecule has 0 unspecified atom stereocenters. The van der Waals surface area contributed by atoms with Gasteiger partial charge in [0.05, 0.1) is 6.04 Å². The minimum atomic E-state index is -0.863. The summed E-state index contributed by atoms with van der Waals surface area (Å²) in [6, 6.07) is 11.0. The summed E-state index contributed by atoms with van der Waals surface area (Å²) in [6.07, 6.45) is 4.26. The Hall–Kier alpha value is -2.14. The number of benzene rings is 1. The van der Waals surface area contributed by atoms with Crippen LogP contribution in [0.5, 0.6) is 0 Å². The molecule has 1 aliphatic heterocycles. The van der Waals surface area contributed by atoms with Crippen LogP contribution in [0.15, 0.2) is 30.3 Å². The van der Waals surface area contributed by atoms with Gasteiger partial charge in [-0.3, -0.25) is 9.58 Å². The lowest BCUT2D eigenvalue weighted by molar-refractivity contribution is 0.0687. The Morgan fingerprint density at radius 3 is 2.68 bits per heavy atom. The first-order chi connectivity index (χ1) is 12.2. The van der Waals surface area contributed by atoms with Crippen molar-refractivity contribution < 1.29 is 9.90 Å². The van der Waals surface area contributed by atoms with Gasteiger partial charge in [-0.1, -0.05) is 30.3 Å². The Bertz CT molecular complexity index is 806. The van der Waals surface area contributed by atoms with Gasteiger partial charge in [-0.2, -0.15) is 5.10 Å². The molecule has 2 fully saturated rings. The third kappa shape index (κ3) is 2.58. The van der Waals surface area contributed by atoms with E-state index in [9.17, 15) is 9.90 Å². The van der Waals surface area contributed by atoms with Crippen LogP contribution in [-0.4, -0.2) is 38.8 Å². The number of hydrogen-bond acceptors (Lipinski definition) is 3. The second kappa shape index (κ2) is 5.70. The van der Waals surface area contributed by atoms with E-state index < -0.39 is 5.97 Å². The van der Waals surface area contributed by atoms with Crippen LogP contribution in [0.4, 0.5) is 0 Å². The van der Waals surface area contributed by atoms with Crippen LogP contribution in [0.25, 0.3) is 0 Å². The topological polar surface area (TPSA) is 58.4 Å². The largest absolute Gasteiger partial charge is 0.476 e. The summed E-state index contributed by atoms with van der Waals surface area (Å²) in [5.41, 5.74) is 3.95. The molecule has 1 aromatic carbocycles. The number of nitrogens with zero attached hydrogens (tertiary/aromatic N) is 3. The third-order valence-corrected chi connectivity index (χ3v) is 6.14. The van der Waals surface area contributed by atoms with Crippen LogP contribution < -0.4 is 0 Å².